The van der Waals surface area contributed by atoms with E-state index in [1.54, 1.807) is 0 Å². The zero-order chi connectivity index (χ0) is 11.3. The van der Waals surface area contributed by atoms with Crippen LogP contribution >= 0.6 is 0 Å². The van der Waals surface area contributed by atoms with Crippen molar-refractivity contribution in [3.63, 3.8) is 0 Å². The van der Waals surface area contributed by atoms with Gasteiger partial charge in [-0.2, -0.15) is 13.2 Å². The van der Waals surface area contributed by atoms with Crippen LogP contribution < -0.4 is 5.73 Å². The summed E-state index contributed by atoms with van der Waals surface area (Å²) in [5.41, 5.74) is 5.23. The molecule has 0 aliphatic carbocycles. The van der Waals surface area contributed by atoms with Gasteiger partial charge >= 0.3 is 6.30 Å². The van der Waals surface area contributed by atoms with Crippen molar-refractivity contribution in [1.82, 2.24) is 4.90 Å². The van der Waals surface area contributed by atoms with Crippen LogP contribution in [0.15, 0.2) is 0 Å². The minimum atomic E-state index is -4.20. The Morgan fingerprint density at radius 3 is 2.73 bits per heavy atom. The Kier molecular flexibility index (Phi) is 4.82. The van der Waals surface area contributed by atoms with E-state index in [4.69, 9.17) is 10.5 Å². The lowest BCUT2D eigenvalue weighted by atomic mass is 9.99. The van der Waals surface area contributed by atoms with E-state index in [9.17, 15) is 13.2 Å². The van der Waals surface area contributed by atoms with E-state index in [-0.39, 0.29) is 19.0 Å². The van der Waals surface area contributed by atoms with Gasteiger partial charge in [0.25, 0.3) is 0 Å². The quantitative estimate of drug-likeness (QED) is 0.578. The van der Waals surface area contributed by atoms with Crippen molar-refractivity contribution < 1.29 is 17.9 Å². The number of ether oxygens (including phenoxy) is 1. The molecule has 0 aromatic rings. The molecule has 15 heavy (non-hydrogen) atoms. The highest BCUT2D eigenvalue weighted by molar-refractivity contribution is 4.74. The largest absolute Gasteiger partial charge is 0.459 e. The summed E-state index contributed by atoms with van der Waals surface area (Å²) in [5.74, 6) is -0.0214. The minimum absolute atomic E-state index is 0.0214. The molecule has 1 atom stereocenters. The second-order valence-corrected chi connectivity index (χ2v) is 3.79. The van der Waals surface area contributed by atoms with Gasteiger partial charge in [0.1, 0.15) is 0 Å². The standard InChI is InChI=1S/C9H17F3N2O/c10-9(11,12)14-4-1-2-8(6-14)7-15-5-3-13/h8H,1-7,13H2/t8-/m1/s1. The zero-order valence-corrected chi connectivity index (χ0v) is 8.59. The fraction of sp³-hybridized carbons (Fsp3) is 1.00. The predicted molar refractivity (Wildman–Crippen MR) is 50.2 cm³/mol. The molecule has 0 radical (unpaired) electrons. The Hall–Kier alpha value is -0.330. The lowest BCUT2D eigenvalue weighted by molar-refractivity contribution is -0.254. The van der Waals surface area contributed by atoms with Crippen molar-refractivity contribution in [2.24, 2.45) is 11.7 Å². The number of nitrogens with zero attached hydrogens (tertiary/aromatic N) is 1. The molecule has 0 bridgehead atoms. The molecule has 90 valence electrons. The van der Waals surface area contributed by atoms with Crippen LogP contribution in [0.2, 0.25) is 0 Å². The van der Waals surface area contributed by atoms with Gasteiger partial charge in [0.15, 0.2) is 0 Å². The Labute approximate surface area is 87.4 Å². The molecule has 6 heteroatoms. The van der Waals surface area contributed by atoms with Crippen LogP contribution in [0, 0.1) is 5.92 Å². The van der Waals surface area contributed by atoms with E-state index in [1.165, 1.54) is 0 Å². The van der Waals surface area contributed by atoms with Gasteiger partial charge in [-0.15, -0.1) is 0 Å². The van der Waals surface area contributed by atoms with Gasteiger partial charge in [0.2, 0.25) is 0 Å². The summed E-state index contributed by atoms with van der Waals surface area (Å²) in [4.78, 5) is 0.562. The fourth-order valence-corrected chi connectivity index (χ4v) is 1.76. The summed E-state index contributed by atoms with van der Waals surface area (Å²) < 4.78 is 42.3. The topological polar surface area (TPSA) is 38.5 Å². The minimum Gasteiger partial charge on any atom is -0.380 e. The highest BCUT2D eigenvalue weighted by atomic mass is 19.4. The monoisotopic (exact) mass is 226 g/mol. The van der Waals surface area contributed by atoms with Crippen LogP contribution in [-0.4, -0.2) is 44.0 Å². The van der Waals surface area contributed by atoms with Gasteiger partial charge in [-0.05, 0) is 18.8 Å². The molecule has 0 aromatic heterocycles. The van der Waals surface area contributed by atoms with E-state index in [2.05, 4.69) is 0 Å². The van der Waals surface area contributed by atoms with Gasteiger partial charge in [-0.3, -0.25) is 0 Å². The van der Waals surface area contributed by atoms with Crippen LogP contribution in [0.5, 0.6) is 0 Å². The molecule has 1 rings (SSSR count). The number of piperidine rings is 1. The van der Waals surface area contributed by atoms with E-state index < -0.39 is 6.30 Å². The first-order valence-electron chi connectivity index (χ1n) is 5.13. The summed E-state index contributed by atoms with van der Waals surface area (Å²) >= 11 is 0. The molecular weight excluding hydrogens is 209 g/mol. The zero-order valence-electron chi connectivity index (χ0n) is 8.59. The molecule has 1 fully saturated rings. The summed E-state index contributed by atoms with van der Waals surface area (Å²) in [6.45, 7) is 1.37. The summed E-state index contributed by atoms with van der Waals surface area (Å²) in [6, 6.07) is 0. The molecule has 1 aliphatic heterocycles. The van der Waals surface area contributed by atoms with E-state index >= 15 is 0 Å². The van der Waals surface area contributed by atoms with E-state index in [0.29, 0.717) is 31.1 Å². The van der Waals surface area contributed by atoms with Crippen molar-refractivity contribution in [3.8, 4) is 0 Å². The van der Waals surface area contributed by atoms with Gasteiger partial charge in [0, 0.05) is 19.6 Å². The number of nitrogens with two attached hydrogens (primary N) is 1. The molecule has 0 spiro atoms. The SMILES string of the molecule is NCCOC[C@@H]1CCCN(C(F)(F)F)C1. The van der Waals surface area contributed by atoms with Crippen LogP contribution in [0.25, 0.3) is 0 Å². The molecule has 0 aromatic carbocycles. The smallest absolute Gasteiger partial charge is 0.380 e. The Balaban J connectivity index is 2.29. The van der Waals surface area contributed by atoms with Crippen molar-refractivity contribution in [2.75, 3.05) is 32.8 Å². The molecule has 0 saturated carbocycles. The predicted octanol–water partition coefficient (Wildman–Crippen LogP) is 1.19. The van der Waals surface area contributed by atoms with Crippen molar-refractivity contribution in [3.05, 3.63) is 0 Å². The lowest BCUT2D eigenvalue weighted by Crippen LogP contribution is -2.45. The molecule has 1 aliphatic rings. The fourth-order valence-electron chi connectivity index (χ4n) is 1.76. The van der Waals surface area contributed by atoms with E-state index in [1.807, 2.05) is 0 Å². The molecule has 2 N–H and O–H groups in total. The Morgan fingerprint density at radius 2 is 2.13 bits per heavy atom. The number of likely N-dealkylation sites (tertiary alicyclic amines) is 1. The number of alkyl halides is 3. The second-order valence-electron chi connectivity index (χ2n) is 3.79. The van der Waals surface area contributed by atoms with Gasteiger partial charge in [-0.25, -0.2) is 4.90 Å². The number of rotatable bonds is 4. The average molecular weight is 226 g/mol. The number of halogens is 3. The highest BCUT2D eigenvalue weighted by Crippen LogP contribution is 2.27. The summed E-state index contributed by atoms with van der Waals surface area (Å²) in [7, 11) is 0. The molecule has 3 nitrogen and oxygen atoms in total. The van der Waals surface area contributed by atoms with Gasteiger partial charge in [0.05, 0.1) is 13.2 Å². The summed E-state index contributed by atoms with van der Waals surface area (Å²) in [6.07, 6.45) is -2.82. The maximum atomic E-state index is 12.4. The van der Waals surface area contributed by atoms with Gasteiger partial charge in [-0.1, -0.05) is 0 Å². The molecule has 1 saturated heterocycles. The highest BCUT2D eigenvalue weighted by Gasteiger charge is 2.39. The van der Waals surface area contributed by atoms with Crippen LogP contribution in [0.1, 0.15) is 12.8 Å². The van der Waals surface area contributed by atoms with Gasteiger partial charge < -0.3 is 10.5 Å². The second kappa shape index (κ2) is 5.67. The number of hydrogen-bond acceptors (Lipinski definition) is 3. The molecule has 0 amide bonds. The maximum Gasteiger partial charge on any atom is 0.459 e. The van der Waals surface area contributed by atoms with Crippen LogP contribution in [-0.2, 0) is 4.74 Å². The van der Waals surface area contributed by atoms with Crippen LogP contribution in [0.4, 0.5) is 13.2 Å². The molecule has 0 unspecified atom stereocenters. The average Bonchev–Trinajstić information content (AvgIpc) is 2.17. The van der Waals surface area contributed by atoms with Crippen LogP contribution in [0.3, 0.4) is 0 Å². The van der Waals surface area contributed by atoms with Crippen molar-refractivity contribution in [1.29, 1.82) is 0 Å². The van der Waals surface area contributed by atoms with E-state index in [0.717, 1.165) is 6.42 Å². The molecule has 1 heterocycles. The summed E-state index contributed by atoms with van der Waals surface area (Å²) in [5, 5.41) is 0. The van der Waals surface area contributed by atoms with Crippen molar-refractivity contribution in [2.45, 2.75) is 19.1 Å². The third-order valence-corrected chi connectivity index (χ3v) is 2.49. The Bertz CT molecular complexity index is 187. The third-order valence-electron chi connectivity index (χ3n) is 2.49. The third kappa shape index (κ3) is 4.36. The van der Waals surface area contributed by atoms with Crippen molar-refractivity contribution >= 4 is 0 Å². The first kappa shape index (κ1) is 12.7. The normalized spacial score (nSPS) is 24.4. The maximum absolute atomic E-state index is 12.4. The lowest BCUT2D eigenvalue weighted by Gasteiger charge is -2.33. The Morgan fingerprint density at radius 1 is 1.40 bits per heavy atom. The first-order chi connectivity index (χ1) is 7.04. The number of hydrogen-bond donors (Lipinski definition) is 1. The molecular formula is C9H17F3N2O. The first-order valence-corrected chi connectivity index (χ1v) is 5.13.